The van der Waals surface area contributed by atoms with Gasteiger partial charge in [-0.05, 0) is 37.0 Å². The van der Waals surface area contributed by atoms with Crippen LogP contribution in [0.2, 0.25) is 0 Å². The minimum Gasteiger partial charge on any atom is -0.463 e. The molecule has 5 atom stereocenters. The van der Waals surface area contributed by atoms with E-state index in [1.165, 1.54) is 0 Å². The quantitative estimate of drug-likeness (QED) is 0.321. The number of hydrogen-bond acceptors (Lipinski definition) is 6. The highest BCUT2D eigenvalue weighted by Crippen LogP contribution is 2.29. The molecule has 3 aromatic rings. The molecule has 9 heteroatoms. The van der Waals surface area contributed by atoms with E-state index in [4.69, 9.17) is 14.2 Å². The molecule has 1 saturated heterocycles. The number of carbonyl (C=O) groups is 3. The average molecular weight is 572 g/mol. The fourth-order valence-electron chi connectivity index (χ4n) is 5.29. The van der Waals surface area contributed by atoms with Crippen molar-refractivity contribution >= 4 is 34.8 Å². The normalized spacial score (nSPS) is 27.9. The van der Waals surface area contributed by atoms with Crippen molar-refractivity contribution in [3.8, 4) is 0 Å². The third kappa shape index (κ3) is 7.16. The van der Waals surface area contributed by atoms with Crippen LogP contribution in [0.4, 0.5) is 0 Å². The molecule has 2 aliphatic heterocycles. The monoisotopic (exact) mass is 571 g/mol. The summed E-state index contributed by atoms with van der Waals surface area (Å²) in [5.41, 5.74) is 2.82. The molecule has 0 radical (unpaired) electrons. The molecule has 1 fully saturated rings. The van der Waals surface area contributed by atoms with Crippen LogP contribution in [-0.2, 0) is 35.0 Å². The highest BCUT2D eigenvalue weighted by molar-refractivity contribution is 5.91. The Balaban J connectivity index is 1.47. The van der Waals surface area contributed by atoms with E-state index < -0.39 is 42.0 Å². The van der Waals surface area contributed by atoms with Gasteiger partial charge in [-0.2, -0.15) is 0 Å². The summed E-state index contributed by atoms with van der Waals surface area (Å²) in [6.45, 7) is 5.20. The van der Waals surface area contributed by atoms with Crippen LogP contribution >= 0.6 is 0 Å². The summed E-state index contributed by atoms with van der Waals surface area (Å²) in [6.07, 6.45) is 7.75. The highest BCUT2D eigenvalue weighted by Gasteiger charge is 2.46. The van der Waals surface area contributed by atoms with Gasteiger partial charge < -0.3 is 29.8 Å². The van der Waals surface area contributed by atoms with E-state index in [9.17, 15) is 14.4 Å². The van der Waals surface area contributed by atoms with Crippen LogP contribution in [0.3, 0.4) is 0 Å². The lowest BCUT2D eigenvalue weighted by molar-refractivity contribution is -0.161. The van der Waals surface area contributed by atoms with Gasteiger partial charge >= 0.3 is 5.97 Å². The van der Waals surface area contributed by atoms with Crippen LogP contribution in [0.25, 0.3) is 17.0 Å². The van der Waals surface area contributed by atoms with Gasteiger partial charge in [-0.1, -0.05) is 79.8 Å². The van der Waals surface area contributed by atoms with Gasteiger partial charge in [-0.15, -0.1) is 0 Å². The van der Waals surface area contributed by atoms with Crippen LogP contribution < -0.4 is 10.6 Å². The number of aromatic amines is 1. The molecule has 220 valence electrons. The molecule has 3 heterocycles. The molecule has 2 aliphatic rings. The highest BCUT2D eigenvalue weighted by atomic mass is 16.8. The van der Waals surface area contributed by atoms with E-state index in [-0.39, 0.29) is 31.3 Å². The maximum absolute atomic E-state index is 14.0. The number of rotatable bonds is 4. The minimum absolute atomic E-state index is 0.0461. The molecule has 0 aliphatic carbocycles. The average Bonchev–Trinajstić information content (AvgIpc) is 3.53. The molecule has 0 bridgehead atoms. The Bertz CT molecular complexity index is 1480. The maximum atomic E-state index is 14.0. The van der Waals surface area contributed by atoms with Crippen LogP contribution in [0, 0.1) is 5.92 Å². The van der Waals surface area contributed by atoms with Crippen molar-refractivity contribution in [3.05, 3.63) is 90.1 Å². The first-order chi connectivity index (χ1) is 20.2. The van der Waals surface area contributed by atoms with Gasteiger partial charge in [0, 0.05) is 23.5 Å². The third-order valence-corrected chi connectivity index (χ3v) is 7.48. The number of aromatic nitrogens is 1. The maximum Gasteiger partial charge on any atom is 0.309 e. The zero-order valence-corrected chi connectivity index (χ0v) is 24.0. The number of amides is 2. The second-order valence-corrected chi connectivity index (χ2v) is 11.2. The molecule has 42 heavy (non-hydrogen) atoms. The zero-order valence-electron chi connectivity index (χ0n) is 24.0. The first kappa shape index (κ1) is 29.3. The van der Waals surface area contributed by atoms with Gasteiger partial charge in [0.25, 0.3) is 5.91 Å². The summed E-state index contributed by atoms with van der Waals surface area (Å²) in [7, 11) is 0. The van der Waals surface area contributed by atoms with E-state index >= 15 is 0 Å². The number of fused-ring (bicyclic) bond motifs is 2. The van der Waals surface area contributed by atoms with Crippen LogP contribution in [0.5, 0.6) is 0 Å². The largest absolute Gasteiger partial charge is 0.463 e. The minimum atomic E-state index is -1.07. The van der Waals surface area contributed by atoms with Crippen molar-refractivity contribution in [3.63, 3.8) is 0 Å². The molecule has 0 spiro atoms. The van der Waals surface area contributed by atoms with Crippen LogP contribution in [0.1, 0.15) is 38.3 Å². The van der Waals surface area contributed by atoms with Crippen molar-refractivity contribution in [2.24, 2.45) is 5.92 Å². The fraction of sp³-hybridized carbons (Fsp3) is 0.364. The first-order valence-electron chi connectivity index (χ1n) is 14.3. The lowest BCUT2D eigenvalue weighted by Gasteiger charge is -2.26. The van der Waals surface area contributed by atoms with Gasteiger partial charge in [0.2, 0.25) is 5.91 Å². The Morgan fingerprint density at radius 3 is 2.52 bits per heavy atom. The molecule has 1 aromatic heterocycles. The molecule has 0 unspecified atom stereocenters. The van der Waals surface area contributed by atoms with Gasteiger partial charge in [0.05, 0.1) is 12.5 Å². The van der Waals surface area contributed by atoms with Gasteiger partial charge in [-0.3, -0.25) is 14.4 Å². The Hall–Kier alpha value is -4.21. The van der Waals surface area contributed by atoms with Crippen LogP contribution in [-0.4, -0.2) is 59.5 Å². The first-order valence-corrected chi connectivity index (χ1v) is 14.3. The summed E-state index contributed by atoms with van der Waals surface area (Å²) in [6, 6.07) is 16.3. The summed E-state index contributed by atoms with van der Waals surface area (Å²) in [4.78, 5) is 43.3. The second kappa shape index (κ2) is 12.8. The summed E-state index contributed by atoms with van der Waals surface area (Å²) in [5.74, 6) is -2.53. The van der Waals surface area contributed by atoms with Gasteiger partial charge in [0.15, 0.2) is 11.9 Å². The number of para-hydroxylation sites is 1. The molecule has 3 N–H and O–H groups in total. The molecule has 5 rings (SSSR count). The number of ether oxygens (including phenoxy) is 3. The third-order valence-electron chi connectivity index (χ3n) is 7.48. The smallest absolute Gasteiger partial charge is 0.309 e. The Labute approximate surface area is 245 Å². The van der Waals surface area contributed by atoms with Crippen molar-refractivity contribution in [2.75, 3.05) is 6.61 Å². The van der Waals surface area contributed by atoms with Gasteiger partial charge in [0.1, 0.15) is 18.8 Å². The van der Waals surface area contributed by atoms with E-state index in [0.717, 1.165) is 22.0 Å². The fourth-order valence-corrected chi connectivity index (χ4v) is 5.29. The number of benzene rings is 2. The Morgan fingerprint density at radius 2 is 1.71 bits per heavy atom. The van der Waals surface area contributed by atoms with E-state index in [2.05, 4.69) is 15.6 Å². The number of cyclic esters (lactones) is 1. The van der Waals surface area contributed by atoms with Crippen molar-refractivity contribution < 1.29 is 28.6 Å². The molecule has 2 amide bonds. The molecule has 2 aromatic carbocycles. The van der Waals surface area contributed by atoms with E-state index in [1.807, 2.05) is 85.9 Å². The lowest BCUT2D eigenvalue weighted by atomic mass is 9.98. The number of H-pyrrole nitrogens is 1. The van der Waals surface area contributed by atoms with Crippen molar-refractivity contribution in [1.29, 1.82) is 0 Å². The summed E-state index contributed by atoms with van der Waals surface area (Å²) >= 11 is 0. The predicted molar refractivity (Wildman–Crippen MR) is 159 cm³/mol. The standard InChI is InChI=1S/C33H37N3O6/c1-21-10-9-15-29(37)40-20-28-30(42-33(2,3)41-28)32(39)36-27(18-23-19-34-26-14-8-7-13-24(23)26)31(38)35-25(21)17-16-22-11-5-4-6-12-22/h4-14,16-17,19,21,25,27-28,30,34H,15,18,20H2,1-3H3,(H,35,38)(H,36,39)/b10-9+,17-16+/t21-,25-,27+,28-,30-/m1/s1. The van der Waals surface area contributed by atoms with Crippen molar-refractivity contribution in [2.45, 2.75) is 63.7 Å². The number of carbonyl (C=O) groups excluding carboxylic acids is 3. The van der Waals surface area contributed by atoms with Gasteiger partial charge in [-0.25, -0.2) is 0 Å². The lowest BCUT2D eigenvalue weighted by Crippen LogP contribution is -2.54. The summed E-state index contributed by atoms with van der Waals surface area (Å²) < 4.78 is 17.3. The zero-order chi connectivity index (χ0) is 29.7. The molecule has 9 nitrogen and oxygen atoms in total. The number of hydrogen-bond donors (Lipinski definition) is 3. The molecular formula is C33H37N3O6. The number of esters is 1. The van der Waals surface area contributed by atoms with Crippen molar-refractivity contribution in [1.82, 2.24) is 15.6 Å². The molecule has 0 saturated carbocycles. The second-order valence-electron chi connectivity index (χ2n) is 11.2. The number of nitrogens with one attached hydrogen (secondary N) is 3. The molecular weight excluding hydrogens is 534 g/mol. The van der Waals surface area contributed by atoms with E-state index in [1.54, 1.807) is 19.9 Å². The SMILES string of the molecule is C[C@@H]1/C=C/CC(=O)OC[C@H]2OC(C)(C)O[C@H]2C(=O)N[C@@H](Cc2c[nH]c3ccccc23)C(=O)N[C@@H]1/C=C/c1ccccc1. The summed E-state index contributed by atoms with van der Waals surface area (Å²) in [5, 5.41) is 7.02. The Morgan fingerprint density at radius 1 is 0.952 bits per heavy atom. The predicted octanol–water partition coefficient (Wildman–Crippen LogP) is 4.05. The Kier molecular flexibility index (Phi) is 8.89. The topological polar surface area (TPSA) is 119 Å². The van der Waals surface area contributed by atoms with E-state index in [0.29, 0.717) is 0 Å². The van der Waals surface area contributed by atoms with Crippen LogP contribution in [0.15, 0.2) is 79.0 Å².